The van der Waals surface area contributed by atoms with Gasteiger partial charge in [0.15, 0.2) is 0 Å². The van der Waals surface area contributed by atoms with Crippen molar-refractivity contribution < 1.29 is 0 Å². The van der Waals surface area contributed by atoms with Gasteiger partial charge in [-0.2, -0.15) is 0 Å². The molecule has 3 nitrogen and oxygen atoms in total. The average molecular weight is 263 g/mol. The van der Waals surface area contributed by atoms with Crippen LogP contribution in [0.1, 0.15) is 38.8 Å². The summed E-state index contributed by atoms with van der Waals surface area (Å²) in [6, 6.07) is 4.02. The van der Waals surface area contributed by atoms with Crippen molar-refractivity contribution in [2.45, 2.75) is 33.1 Å². The molecule has 0 unspecified atom stereocenters. The first kappa shape index (κ1) is 13.3. The van der Waals surface area contributed by atoms with Crippen molar-refractivity contribution >= 4 is 22.9 Å². The van der Waals surface area contributed by atoms with Gasteiger partial charge in [0.2, 0.25) is 0 Å². The molecule has 0 amide bonds. The van der Waals surface area contributed by atoms with E-state index in [0.717, 1.165) is 24.5 Å². The molecule has 98 valence electrons. The van der Waals surface area contributed by atoms with Crippen LogP contribution in [0.4, 0.5) is 5.69 Å². The van der Waals surface area contributed by atoms with E-state index in [0.29, 0.717) is 10.4 Å². The number of nitrogens with zero attached hydrogens (tertiary/aromatic N) is 2. The van der Waals surface area contributed by atoms with Crippen LogP contribution < -0.4 is 10.6 Å². The molecule has 2 heterocycles. The first-order valence-electron chi connectivity index (χ1n) is 6.49. The topological polar surface area (TPSA) is 42.2 Å². The summed E-state index contributed by atoms with van der Waals surface area (Å²) in [4.78, 5) is 7.07. The number of anilines is 1. The molecule has 4 heteroatoms. The molecule has 1 aromatic heterocycles. The highest BCUT2D eigenvalue weighted by Crippen LogP contribution is 2.32. The first-order chi connectivity index (χ1) is 8.49. The van der Waals surface area contributed by atoms with E-state index in [9.17, 15) is 0 Å². The van der Waals surface area contributed by atoms with Crippen molar-refractivity contribution in [3.8, 4) is 0 Å². The van der Waals surface area contributed by atoms with Gasteiger partial charge < -0.3 is 10.6 Å². The molecule has 1 aliphatic heterocycles. The van der Waals surface area contributed by atoms with E-state index < -0.39 is 0 Å². The quantitative estimate of drug-likeness (QED) is 0.833. The van der Waals surface area contributed by atoms with Crippen molar-refractivity contribution in [1.29, 1.82) is 0 Å². The van der Waals surface area contributed by atoms with Gasteiger partial charge in [0.25, 0.3) is 0 Å². The Kier molecular flexibility index (Phi) is 3.85. The number of hydrogen-bond donors (Lipinski definition) is 1. The van der Waals surface area contributed by atoms with Gasteiger partial charge in [-0.05, 0) is 36.8 Å². The van der Waals surface area contributed by atoms with E-state index in [4.69, 9.17) is 18.0 Å². The van der Waals surface area contributed by atoms with Crippen LogP contribution in [0.15, 0.2) is 18.3 Å². The Morgan fingerprint density at radius 3 is 2.89 bits per heavy atom. The summed E-state index contributed by atoms with van der Waals surface area (Å²) in [5.74, 6) is 0. The fourth-order valence-corrected chi connectivity index (χ4v) is 2.66. The van der Waals surface area contributed by atoms with Gasteiger partial charge in [0.05, 0.1) is 5.69 Å². The zero-order valence-corrected chi connectivity index (χ0v) is 12.0. The van der Waals surface area contributed by atoms with Crippen LogP contribution >= 0.6 is 12.2 Å². The lowest BCUT2D eigenvalue weighted by atomic mass is 9.85. The molecular formula is C14H21N3S. The van der Waals surface area contributed by atoms with E-state index in [1.807, 2.05) is 6.07 Å². The maximum Gasteiger partial charge on any atom is 0.124 e. The largest absolute Gasteiger partial charge is 0.388 e. The Labute approximate surface area is 114 Å². The summed E-state index contributed by atoms with van der Waals surface area (Å²) < 4.78 is 0. The monoisotopic (exact) mass is 263 g/mol. The standard InChI is InChI=1S/C14H21N3S/c1-14(2)6-4-9-17(10-7-14)11-5-3-8-16-12(11)13(15)18/h3,5,8H,4,6-7,9-10H2,1-2H3,(H2,15,18). The number of thiocarbonyl (C=S) groups is 1. The molecule has 18 heavy (non-hydrogen) atoms. The Balaban J connectivity index is 2.24. The number of nitrogens with two attached hydrogens (primary N) is 1. The molecule has 0 radical (unpaired) electrons. The Bertz CT molecular complexity index is 442. The fraction of sp³-hybridized carbons (Fsp3) is 0.571. The Hall–Kier alpha value is -1.16. The molecule has 0 aromatic carbocycles. The van der Waals surface area contributed by atoms with Crippen molar-refractivity contribution in [2.75, 3.05) is 18.0 Å². The van der Waals surface area contributed by atoms with Crippen LogP contribution in [0, 0.1) is 5.41 Å². The molecule has 1 fully saturated rings. The van der Waals surface area contributed by atoms with Gasteiger partial charge in [-0.15, -0.1) is 0 Å². The highest BCUT2D eigenvalue weighted by molar-refractivity contribution is 7.80. The summed E-state index contributed by atoms with van der Waals surface area (Å²) >= 11 is 5.09. The maximum absolute atomic E-state index is 5.76. The average Bonchev–Trinajstić information content (AvgIpc) is 2.50. The van der Waals surface area contributed by atoms with Crippen molar-refractivity contribution in [1.82, 2.24) is 4.98 Å². The zero-order valence-electron chi connectivity index (χ0n) is 11.1. The molecule has 0 aliphatic carbocycles. The molecule has 0 saturated carbocycles. The molecular weight excluding hydrogens is 242 g/mol. The minimum atomic E-state index is 0.383. The third kappa shape index (κ3) is 2.99. The van der Waals surface area contributed by atoms with Crippen molar-refractivity contribution in [2.24, 2.45) is 11.1 Å². The minimum absolute atomic E-state index is 0.383. The van der Waals surface area contributed by atoms with Crippen LogP contribution in [0.25, 0.3) is 0 Å². The number of aromatic nitrogens is 1. The molecule has 1 aromatic rings. The molecule has 0 atom stereocenters. The summed E-state index contributed by atoms with van der Waals surface area (Å²) in [7, 11) is 0. The lowest BCUT2D eigenvalue weighted by molar-refractivity contribution is 0.325. The summed E-state index contributed by atoms with van der Waals surface area (Å²) in [5.41, 5.74) is 8.03. The molecule has 0 spiro atoms. The Morgan fingerprint density at radius 1 is 1.39 bits per heavy atom. The summed E-state index contributed by atoms with van der Waals surface area (Å²) in [6.07, 6.45) is 5.42. The van der Waals surface area contributed by atoms with Gasteiger partial charge in [0.1, 0.15) is 10.7 Å². The molecule has 1 saturated heterocycles. The normalized spacial score (nSPS) is 19.3. The van der Waals surface area contributed by atoms with E-state index in [1.54, 1.807) is 6.20 Å². The smallest absolute Gasteiger partial charge is 0.124 e. The number of pyridine rings is 1. The van der Waals surface area contributed by atoms with Gasteiger partial charge >= 0.3 is 0 Å². The van der Waals surface area contributed by atoms with Crippen LogP contribution in [0.2, 0.25) is 0 Å². The fourth-order valence-electron chi connectivity index (χ4n) is 2.51. The van der Waals surface area contributed by atoms with Gasteiger partial charge in [-0.3, -0.25) is 4.98 Å². The predicted molar refractivity (Wildman–Crippen MR) is 80.0 cm³/mol. The number of hydrogen-bond acceptors (Lipinski definition) is 3. The molecule has 2 rings (SSSR count). The van der Waals surface area contributed by atoms with Gasteiger partial charge in [-0.1, -0.05) is 26.1 Å². The van der Waals surface area contributed by atoms with E-state index in [2.05, 4.69) is 29.8 Å². The SMILES string of the molecule is CC1(C)CCCN(c2cccnc2C(N)=S)CC1. The van der Waals surface area contributed by atoms with Crippen molar-refractivity contribution in [3.05, 3.63) is 24.0 Å². The number of rotatable bonds is 2. The second kappa shape index (κ2) is 5.22. The highest BCUT2D eigenvalue weighted by atomic mass is 32.1. The van der Waals surface area contributed by atoms with Crippen LogP contribution in [0.5, 0.6) is 0 Å². The third-order valence-corrected chi connectivity index (χ3v) is 3.89. The highest BCUT2D eigenvalue weighted by Gasteiger charge is 2.24. The third-order valence-electron chi connectivity index (χ3n) is 3.70. The lowest BCUT2D eigenvalue weighted by Crippen LogP contribution is -2.28. The summed E-state index contributed by atoms with van der Waals surface area (Å²) in [5, 5.41) is 0. The van der Waals surface area contributed by atoms with Crippen LogP contribution in [0.3, 0.4) is 0 Å². The minimum Gasteiger partial charge on any atom is -0.388 e. The molecule has 2 N–H and O–H groups in total. The zero-order chi connectivity index (χ0) is 13.2. The maximum atomic E-state index is 5.76. The van der Waals surface area contributed by atoms with E-state index in [-0.39, 0.29) is 0 Å². The first-order valence-corrected chi connectivity index (χ1v) is 6.90. The lowest BCUT2D eigenvalue weighted by Gasteiger charge is -2.26. The second-order valence-electron chi connectivity index (χ2n) is 5.74. The van der Waals surface area contributed by atoms with Gasteiger partial charge in [-0.25, -0.2) is 0 Å². The van der Waals surface area contributed by atoms with Crippen molar-refractivity contribution in [3.63, 3.8) is 0 Å². The van der Waals surface area contributed by atoms with Crippen LogP contribution in [-0.4, -0.2) is 23.1 Å². The second-order valence-corrected chi connectivity index (χ2v) is 6.18. The molecule has 1 aliphatic rings. The van der Waals surface area contributed by atoms with E-state index in [1.165, 1.54) is 19.3 Å². The Morgan fingerprint density at radius 2 is 2.17 bits per heavy atom. The predicted octanol–water partition coefficient (Wildman–Crippen LogP) is 2.73. The molecule has 0 bridgehead atoms. The summed E-state index contributed by atoms with van der Waals surface area (Å²) in [6.45, 7) is 6.79. The van der Waals surface area contributed by atoms with Gasteiger partial charge in [0, 0.05) is 19.3 Å². The van der Waals surface area contributed by atoms with E-state index >= 15 is 0 Å². The van der Waals surface area contributed by atoms with Crippen LogP contribution in [-0.2, 0) is 0 Å².